The third kappa shape index (κ3) is 5.52. The maximum Gasteiger partial charge on any atom is 0.215 e. The molecule has 1 heterocycles. The summed E-state index contributed by atoms with van der Waals surface area (Å²) in [4.78, 5) is 0. The van der Waals surface area contributed by atoms with Crippen LogP contribution in [-0.4, -0.2) is 40.8 Å². The third-order valence-electron chi connectivity index (χ3n) is 3.82. The minimum absolute atomic E-state index is 0. The average molecular weight is 349 g/mol. The molecule has 22 heavy (non-hydrogen) atoms. The van der Waals surface area contributed by atoms with Crippen molar-refractivity contribution in [3.05, 3.63) is 35.4 Å². The highest BCUT2D eigenvalue weighted by atomic mass is 35.5. The van der Waals surface area contributed by atoms with Gasteiger partial charge in [-0.1, -0.05) is 29.8 Å². The van der Waals surface area contributed by atoms with E-state index in [1.807, 2.05) is 31.2 Å². The third-order valence-corrected chi connectivity index (χ3v) is 5.12. The Balaban J connectivity index is 0.00000242. The van der Waals surface area contributed by atoms with Crippen molar-refractivity contribution in [1.29, 1.82) is 0 Å². The molecule has 1 saturated heterocycles. The summed E-state index contributed by atoms with van der Waals surface area (Å²) in [5, 5.41) is 3.36. The van der Waals surface area contributed by atoms with Crippen LogP contribution in [0.2, 0.25) is 0 Å². The Morgan fingerprint density at radius 2 is 2.18 bits per heavy atom. The number of methoxy groups -OCH3 is 1. The minimum atomic E-state index is -3.34. The Morgan fingerprint density at radius 3 is 2.77 bits per heavy atom. The highest BCUT2D eigenvalue weighted by Crippen LogP contribution is 2.19. The molecule has 0 bridgehead atoms. The molecule has 1 aliphatic heterocycles. The smallest absolute Gasteiger partial charge is 0.215 e. The molecule has 5 nitrogen and oxygen atoms in total. The van der Waals surface area contributed by atoms with Gasteiger partial charge in [-0.2, -0.15) is 0 Å². The largest absolute Gasteiger partial charge is 0.383 e. The van der Waals surface area contributed by atoms with Gasteiger partial charge in [0.15, 0.2) is 0 Å². The summed E-state index contributed by atoms with van der Waals surface area (Å²) in [6.07, 6.45) is 1.97. The first-order valence-corrected chi connectivity index (χ1v) is 8.87. The molecule has 1 aromatic rings. The van der Waals surface area contributed by atoms with Crippen LogP contribution in [0.3, 0.4) is 0 Å². The summed E-state index contributed by atoms with van der Waals surface area (Å²) >= 11 is 0. The van der Waals surface area contributed by atoms with Gasteiger partial charge in [0.25, 0.3) is 0 Å². The number of hydrogen-bond acceptors (Lipinski definition) is 4. The Labute approximate surface area is 139 Å². The first-order chi connectivity index (χ1) is 9.95. The van der Waals surface area contributed by atoms with Crippen molar-refractivity contribution in [2.45, 2.75) is 31.1 Å². The molecule has 0 radical (unpaired) electrons. The number of ether oxygens (including phenoxy) is 1. The van der Waals surface area contributed by atoms with Gasteiger partial charge in [0, 0.05) is 13.7 Å². The zero-order valence-corrected chi connectivity index (χ0v) is 14.7. The van der Waals surface area contributed by atoms with Crippen LogP contribution in [-0.2, 0) is 20.5 Å². The number of nitrogens with one attached hydrogen (secondary N) is 2. The predicted octanol–water partition coefficient (Wildman–Crippen LogP) is 1.60. The molecule has 0 aromatic heterocycles. The highest BCUT2D eigenvalue weighted by Gasteiger charge is 2.34. The van der Waals surface area contributed by atoms with E-state index in [1.54, 1.807) is 7.11 Å². The van der Waals surface area contributed by atoms with E-state index in [2.05, 4.69) is 10.0 Å². The van der Waals surface area contributed by atoms with Gasteiger partial charge in [-0.05, 0) is 31.9 Å². The number of halogens is 1. The maximum absolute atomic E-state index is 12.2. The molecular formula is C15H25ClN2O3S. The van der Waals surface area contributed by atoms with Crippen LogP contribution in [0, 0.1) is 6.92 Å². The number of aryl methyl sites for hydroxylation is 1. The Kier molecular flexibility index (Phi) is 7.28. The Hall–Kier alpha value is -0.660. The van der Waals surface area contributed by atoms with Crippen molar-refractivity contribution in [2.75, 3.05) is 26.8 Å². The molecule has 0 spiro atoms. The van der Waals surface area contributed by atoms with Crippen molar-refractivity contribution < 1.29 is 13.2 Å². The highest BCUT2D eigenvalue weighted by molar-refractivity contribution is 7.88. The second-order valence-electron chi connectivity index (χ2n) is 5.81. The van der Waals surface area contributed by atoms with E-state index in [9.17, 15) is 8.42 Å². The van der Waals surface area contributed by atoms with Gasteiger partial charge in [0.2, 0.25) is 10.0 Å². The Bertz CT molecular complexity index is 572. The summed E-state index contributed by atoms with van der Waals surface area (Å²) in [7, 11) is -1.70. The van der Waals surface area contributed by atoms with Gasteiger partial charge in [-0.25, -0.2) is 13.1 Å². The molecule has 7 heteroatoms. The van der Waals surface area contributed by atoms with Gasteiger partial charge in [-0.15, -0.1) is 12.4 Å². The lowest BCUT2D eigenvalue weighted by Crippen LogP contribution is -2.53. The fourth-order valence-corrected chi connectivity index (χ4v) is 4.01. The van der Waals surface area contributed by atoms with E-state index < -0.39 is 10.0 Å². The van der Waals surface area contributed by atoms with Crippen molar-refractivity contribution in [2.24, 2.45) is 0 Å². The summed E-state index contributed by atoms with van der Waals surface area (Å²) in [5.41, 5.74) is 1.60. The van der Waals surface area contributed by atoms with Gasteiger partial charge in [0.05, 0.1) is 17.9 Å². The minimum Gasteiger partial charge on any atom is -0.383 e. The lowest BCUT2D eigenvalue weighted by Gasteiger charge is -2.28. The van der Waals surface area contributed by atoms with Crippen molar-refractivity contribution in [1.82, 2.24) is 10.0 Å². The molecule has 1 unspecified atom stereocenters. The summed E-state index contributed by atoms with van der Waals surface area (Å²) in [6, 6.07) is 7.58. The number of sulfonamides is 1. The lowest BCUT2D eigenvalue weighted by atomic mass is 9.99. The predicted molar refractivity (Wildman–Crippen MR) is 90.9 cm³/mol. The molecule has 126 valence electrons. The zero-order chi connectivity index (χ0) is 15.3. The molecule has 2 rings (SSSR count). The average Bonchev–Trinajstić information content (AvgIpc) is 2.86. The zero-order valence-electron chi connectivity index (χ0n) is 13.1. The number of benzene rings is 1. The quantitative estimate of drug-likeness (QED) is 0.785. The normalized spacial score (nSPS) is 21.5. The van der Waals surface area contributed by atoms with Gasteiger partial charge >= 0.3 is 0 Å². The van der Waals surface area contributed by atoms with Gasteiger partial charge < -0.3 is 10.1 Å². The van der Waals surface area contributed by atoms with E-state index in [-0.39, 0.29) is 23.7 Å². The molecule has 1 atom stereocenters. The summed E-state index contributed by atoms with van der Waals surface area (Å²) in [5.74, 6) is 0.0116. The molecule has 1 fully saturated rings. The first kappa shape index (κ1) is 19.4. The van der Waals surface area contributed by atoms with Gasteiger partial charge in [0.1, 0.15) is 0 Å². The van der Waals surface area contributed by atoms with Crippen LogP contribution in [0.25, 0.3) is 0 Å². The fourth-order valence-electron chi connectivity index (χ4n) is 2.79. The second-order valence-corrected chi connectivity index (χ2v) is 7.62. The first-order valence-electron chi connectivity index (χ1n) is 7.22. The van der Waals surface area contributed by atoms with Crippen molar-refractivity contribution in [3.63, 3.8) is 0 Å². The van der Waals surface area contributed by atoms with E-state index in [0.717, 1.165) is 30.5 Å². The molecule has 1 aliphatic rings. The van der Waals surface area contributed by atoms with Crippen LogP contribution in [0.5, 0.6) is 0 Å². The van der Waals surface area contributed by atoms with Crippen LogP contribution in [0.4, 0.5) is 0 Å². The lowest BCUT2D eigenvalue weighted by molar-refractivity contribution is 0.122. The standard InChI is InChI=1S/C15H24N2O3S.ClH/c1-13-5-3-6-14(9-13)10-21(18,19)17-11-15(12-20-2)7-4-8-16-15;/h3,5-6,9,16-17H,4,7-8,10-12H2,1-2H3;1H. The monoisotopic (exact) mass is 348 g/mol. The molecular weight excluding hydrogens is 324 g/mol. The topological polar surface area (TPSA) is 67.4 Å². The fraction of sp³-hybridized carbons (Fsp3) is 0.600. The van der Waals surface area contributed by atoms with Crippen molar-refractivity contribution >= 4 is 22.4 Å². The number of rotatable bonds is 7. The van der Waals surface area contributed by atoms with E-state index in [1.165, 1.54) is 0 Å². The van der Waals surface area contributed by atoms with Crippen LogP contribution in [0.15, 0.2) is 24.3 Å². The van der Waals surface area contributed by atoms with Gasteiger partial charge in [-0.3, -0.25) is 0 Å². The van der Waals surface area contributed by atoms with Crippen LogP contribution in [0.1, 0.15) is 24.0 Å². The molecule has 2 N–H and O–H groups in total. The molecule has 0 saturated carbocycles. The molecule has 0 amide bonds. The SMILES string of the molecule is COCC1(CNS(=O)(=O)Cc2cccc(C)c2)CCCN1.Cl. The Morgan fingerprint density at radius 1 is 1.41 bits per heavy atom. The second kappa shape index (κ2) is 8.26. The maximum atomic E-state index is 12.2. The molecule has 1 aromatic carbocycles. The molecule has 0 aliphatic carbocycles. The number of hydrogen-bond donors (Lipinski definition) is 2. The van der Waals surface area contributed by atoms with Crippen LogP contribution >= 0.6 is 12.4 Å². The van der Waals surface area contributed by atoms with Crippen LogP contribution < -0.4 is 10.0 Å². The summed E-state index contributed by atoms with van der Waals surface area (Å²) in [6.45, 7) is 3.75. The van der Waals surface area contributed by atoms with E-state index >= 15 is 0 Å². The summed E-state index contributed by atoms with van der Waals surface area (Å²) < 4.78 is 32.4. The van der Waals surface area contributed by atoms with Crippen molar-refractivity contribution in [3.8, 4) is 0 Å². The van der Waals surface area contributed by atoms with E-state index in [0.29, 0.717) is 13.2 Å². The van der Waals surface area contributed by atoms with E-state index in [4.69, 9.17) is 4.74 Å².